The summed E-state index contributed by atoms with van der Waals surface area (Å²) < 4.78 is 16.2. The number of fused-ring (bicyclic) bond motifs is 1. The standard InChI is InChI=1S/C20H19ClN2O4/c21-16-7-14(8-17-20(16)27-12-26-17)3-5-18(24)22-9-15-4-6-19(23-10-15)25-11-13-1-2-13/h3-8,10,13H,1-2,9,11-12H2,(H,22,24)/b5-3+. The molecule has 1 N–H and O–H groups in total. The Morgan fingerprint density at radius 2 is 2.22 bits per heavy atom. The summed E-state index contributed by atoms with van der Waals surface area (Å²) in [6, 6.07) is 7.23. The molecule has 1 aliphatic carbocycles. The number of hydrogen-bond acceptors (Lipinski definition) is 5. The van der Waals surface area contributed by atoms with Crippen LogP contribution in [0.2, 0.25) is 5.02 Å². The summed E-state index contributed by atoms with van der Waals surface area (Å²) in [6.07, 6.45) is 7.33. The van der Waals surface area contributed by atoms with E-state index in [1.165, 1.54) is 18.9 Å². The van der Waals surface area contributed by atoms with Gasteiger partial charge in [0.15, 0.2) is 11.5 Å². The quantitative estimate of drug-likeness (QED) is 0.736. The number of ether oxygens (including phenoxy) is 3. The molecule has 1 aromatic carbocycles. The molecule has 0 spiro atoms. The summed E-state index contributed by atoms with van der Waals surface area (Å²) in [6.45, 7) is 1.28. The van der Waals surface area contributed by atoms with Gasteiger partial charge in [-0.15, -0.1) is 0 Å². The maximum Gasteiger partial charge on any atom is 0.244 e. The number of carbonyl (C=O) groups is 1. The van der Waals surface area contributed by atoms with Crippen LogP contribution in [0.3, 0.4) is 0 Å². The summed E-state index contributed by atoms with van der Waals surface area (Å²) in [5.41, 5.74) is 1.67. The van der Waals surface area contributed by atoms with Crippen molar-refractivity contribution < 1.29 is 19.0 Å². The number of rotatable bonds is 7. The lowest BCUT2D eigenvalue weighted by molar-refractivity contribution is -0.116. The minimum absolute atomic E-state index is 0.154. The molecule has 1 aliphatic heterocycles. The number of nitrogens with one attached hydrogen (secondary N) is 1. The van der Waals surface area contributed by atoms with Crippen molar-refractivity contribution in [3.8, 4) is 17.4 Å². The number of carbonyl (C=O) groups excluding carboxylic acids is 1. The second kappa shape index (κ2) is 7.88. The first-order valence-corrected chi connectivity index (χ1v) is 9.18. The van der Waals surface area contributed by atoms with E-state index < -0.39 is 0 Å². The van der Waals surface area contributed by atoms with Gasteiger partial charge in [-0.2, -0.15) is 0 Å². The molecule has 27 heavy (non-hydrogen) atoms. The van der Waals surface area contributed by atoms with Crippen LogP contribution in [0.4, 0.5) is 0 Å². The van der Waals surface area contributed by atoms with Gasteiger partial charge in [-0.05, 0) is 48.1 Å². The van der Waals surface area contributed by atoms with Gasteiger partial charge in [-0.25, -0.2) is 4.98 Å². The number of benzene rings is 1. The fourth-order valence-electron chi connectivity index (χ4n) is 2.59. The summed E-state index contributed by atoms with van der Waals surface area (Å²) in [5.74, 6) is 2.22. The van der Waals surface area contributed by atoms with Gasteiger partial charge in [-0.1, -0.05) is 17.7 Å². The second-order valence-corrected chi connectivity index (χ2v) is 6.95. The topological polar surface area (TPSA) is 69.7 Å². The van der Waals surface area contributed by atoms with Crippen LogP contribution in [0, 0.1) is 5.92 Å². The molecule has 1 amide bonds. The van der Waals surface area contributed by atoms with Crippen molar-refractivity contribution in [1.29, 1.82) is 0 Å². The third kappa shape index (κ3) is 4.71. The summed E-state index contributed by atoms with van der Waals surface area (Å²) in [4.78, 5) is 16.3. The molecule has 2 aliphatic rings. The molecule has 7 heteroatoms. The van der Waals surface area contributed by atoms with Crippen molar-refractivity contribution in [2.75, 3.05) is 13.4 Å². The van der Waals surface area contributed by atoms with Crippen LogP contribution in [0.5, 0.6) is 17.4 Å². The van der Waals surface area contributed by atoms with Crippen LogP contribution in [0.25, 0.3) is 6.08 Å². The Morgan fingerprint density at radius 3 is 3.00 bits per heavy atom. The minimum atomic E-state index is -0.210. The number of pyridine rings is 1. The van der Waals surface area contributed by atoms with Gasteiger partial charge in [0.25, 0.3) is 0 Å². The maximum absolute atomic E-state index is 12.0. The van der Waals surface area contributed by atoms with Crippen molar-refractivity contribution in [3.63, 3.8) is 0 Å². The number of hydrogen-bond donors (Lipinski definition) is 1. The molecule has 4 rings (SSSR count). The van der Waals surface area contributed by atoms with Gasteiger partial charge < -0.3 is 19.5 Å². The number of amides is 1. The molecule has 1 saturated carbocycles. The third-order valence-electron chi connectivity index (χ3n) is 4.30. The second-order valence-electron chi connectivity index (χ2n) is 6.55. The van der Waals surface area contributed by atoms with Crippen molar-refractivity contribution in [2.45, 2.75) is 19.4 Å². The van der Waals surface area contributed by atoms with E-state index >= 15 is 0 Å². The lowest BCUT2D eigenvalue weighted by atomic mass is 10.2. The van der Waals surface area contributed by atoms with E-state index in [-0.39, 0.29) is 12.7 Å². The molecule has 2 heterocycles. The highest BCUT2D eigenvalue weighted by atomic mass is 35.5. The van der Waals surface area contributed by atoms with Gasteiger partial charge >= 0.3 is 0 Å². The zero-order chi connectivity index (χ0) is 18.6. The van der Waals surface area contributed by atoms with Gasteiger partial charge in [0.05, 0.1) is 11.6 Å². The highest BCUT2D eigenvalue weighted by Gasteiger charge is 2.22. The molecule has 0 saturated heterocycles. The predicted octanol–water partition coefficient (Wildman–Crippen LogP) is 3.58. The molecule has 0 radical (unpaired) electrons. The van der Waals surface area contributed by atoms with Gasteiger partial charge in [0.2, 0.25) is 18.6 Å². The van der Waals surface area contributed by atoms with E-state index in [1.807, 2.05) is 12.1 Å². The Morgan fingerprint density at radius 1 is 1.33 bits per heavy atom. The van der Waals surface area contributed by atoms with Crippen LogP contribution in [0.1, 0.15) is 24.0 Å². The normalized spacial score (nSPS) is 15.1. The SMILES string of the molecule is O=C(/C=C/c1cc(Cl)c2c(c1)OCO2)NCc1ccc(OCC2CC2)nc1. The Balaban J connectivity index is 1.28. The van der Waals surface area contributed by atoms with Gasteiger partial charge in [0.1, 0.15) is 0 Å². The van der Waals surface area contributed by atoms with E-state index in [0.29, 0.717) is 34.9 Å². The average Bonchev–Trinajstić information content (AvgIpc) is 3.39. The van der Waals surface area contributed by atoms with E-state index in [2.05, 4.69) is 10.3 Å². The lowest BCUT2D eigenvalue weighted by Crippen LogP contribution is -2.20. The monoisotopic (exact) mass is 386 g/mol. The Labute approximate surface area is 162 Å². The smallest absolute Gasteiger partial charge is 0.244 e. The highest BCUT2D eigenvalue weighted by Crippen LogP contribution is 2.40. The van der Waals surface area contributed by atoms with Crippen LogP contribution >= 0.6 is 11.6 Å². The first-order valence-electron chi connectivity index (χ1n) is 8.80. The zero-order valence-corrected chi connectivity index (χ0v) is 15.4. The molecule has 6 nitrogen and oxygen atoms in total. The van der Waals surface area contributed by atoms with Crippen LogP contribution in [0.15, 0.2) is 36.5 Å². The fraction of sp³-hybridized carbons (Fsp3) is 0.300. The first kappa shape index (κ1) is 17.7. The molecule has 0 bridgehead atoms. The Bertz CT molecular complexity index is 863. The van der Waals surface area contributed by atoms with Crippen molar-refractivity contribution >= 4 is 23.6 Å². The average molecular weight is 387 g/mol. The Hall–Kier alpha value is -2.73. The molecule has 0 unspecified atom stereocenters. The molecular formula is C20H19ClN2O4. The molecule has 2 aromatic rings. The Kier molecular flexibility index (Phi) is 5.16. The van der Waals surface area contributed by atoms with Crippen molar-refractivity contribution in [3.05, 3.63) is 52.7 Å². The molecule has 1 aromatic heterocycles. The van der Waals surface area contributed by atoms with Crippen molar-refractivity contribution in [2.24, 2.45) is 5.92 Å². The van der Waals surface area contributed by atoms with Gasteiger partial charge in [-0.3, -0.25) is 4.79 Å². The lowest BCUT2D eigenvalue weighted by Gasteiger charge is -2.06. The van der Waals surface area contributed by atoms with Crippen LogP contribution in [-0.2, 0) is 11.3 Å². The molecular weight excluding hydrogens is 368 g/mol. The third-order valence-corrected chi connectivity index (χ3v) is 4.59. The zero-order valence-electron chi connectivity index (χ0n) is 14.6. The fourth-order valence-corrected chi connectivity index (χ4v) is 2.87. The summed E-state index contributed by atoms with van der Waals surface area (Å²) in [5, 5.41) is 3.28. The minimum Gasteiger partial charge on any atom is -0.477 e. The largest absolute Gasteiger partial charge is 0.477 e. The van der Waals surface area contributed by atoms with E-state index in [1.54, 1.807) is 24.4 Å². The van der Waals surface area contributed by atoms with Crippen LogP contribution in [-0.4, -0.2) is 24.3 Å². The number of halogens is 1. The molecule has 1 fully saturated rings. The maximum atomic E-state index is 12.0. The number of aromatic nitrogens is 1. The highest BCUT2D eigenvalue weighted by molar-refractivity contribution is 6.32. The van der Waals surface area contributed by atoms with Crippen molar-refractivity contribution in [1.82, 2.24) is 10.3 Å². The van der Waals surface area contributed by atoms with E-state index in [4.69, 9.17) is 25.8 Å². The van der Waals surface area contributed by atoms with Gasteiger partial charge in [0, 0.05) is 24.9 Å². The number of nitrogens with zero attached hydrogens (tertiary/aromatic N) is 1. The first-order chi connectivity index (χ1) is 13.2. The van der Waals surface area contributed by atoms with Crippen LogP contribution < -0.4 is 19.5 Å². The van der Waals surface area contributed by atoms with E-state index in [0.717, 1.165) is 17.7 Å². The molecule has 140 valence electrons. The summed E-state index contributed by atoms with van der Waals surface area (Å²) in [7, 11) is 0. The predicted molar refractivity (Wildman–Crippen MR) is 101 cm³/mol. The van der Waals surface area contributed by atoms with E-state index in [9.17, 15) is 4.79 Å². The summed E-state index contributed by atoms with van der Waals surface area (Å²) >= 11 is 6.13. The molecule has 0 atom stereocenters.